The summed E-state index contributed by atoms with van der Waals surface area (Å²) in [5.74, 6) is -0.00611. The molecule has 0 aliphatic carbocycles. The molecule has 4 nitrogen and oxygen atoms in total. The number of rotatable bonds is 3. The van der Waals surface area contributed by atoms with E-state index in [-0.39, 0.29) is 35.3 Å². The first-order valence-corrected chi connectivity index (χ1v) is 3.78. The second kappa shape index (κ2) is 5.64. The number of hydrogen-bond acceptors (Lipinski definition) is 4. The molecule has 0 unspecified atom stereocenters. The molecular formula is C3H9NNaO3S. The van der Waals surface area contributed by atoms with Crippen molar-refractivity contribution in [2.45, 2.75) is 6.92 Å². The van der Waals surface area contributed by atoms with Crippen LogP contribution in [0.2, 0.25) is 0 Å². The molecule has 0 bridgehead atoms. The van der Waals surface area contributed by atoms with Crippen molar-refractivity contribution >= 4 is 39.7 Å². The Kier molecular flexibility index (Phi) is 7.86. The van der Waals surface area contributed by atoms with Gasteiger partial charge in [-0.1, -0.05) is 0 Å². The van der Waals surface area contributed by atoms with Gasteiger partial charge in [-0.3, -0.25) is 0 Å². The Morgan fingerprint density at radius 1 is 1.56 bits per heavy atom. The Hall–Kier alpha value is 0.870. The molecule has 0 fully saturated rings. The van der Waals surface area contributed by atoms with Crippen LogP contribution in [0.25, 0.3) is 0 Å². The monoisotopic (exact) mass is 162 g/mol. The summed E-state index contributed by atoms with van der Waals surface area (Å²) >= 11 is 0. The first kappa shape index (κ1) is 12.5. The minimum Gasteiger partial charge on any atom is -0.198 e. The first-order valence-electron chi connectivity index (χ1n) is 2.20. The van der Waals surface area contributed by atoms with Gasteiger partial charge >= 0.3 is 0 Å². The number of hydrogen-bond donors (Lipinski definition) is 1. The van der Waals surface area contributed by atoms with Crippen LogP contribution in [-0.4, -0.2) is 50.8 Å². The third-order valence-electron chi connectivity index (χ3n) is 0.564. The van der Waals surface area contributed by atoms with E-state index in [9.17, 15) is 8.42 Å². The topological polar surface area (TPSA) is 55.4 Å². The van der Waals surface area contributed by atoms with Crippen molar-refractivity contribution in [1.82, 2.24) is 5.48 Å². The zero-order chi connectivity index (χ0) is 6.62. The standard InChI is InChI=1S/C3H9NO3S.Na/c1-3-8(5,6)7-4-2;/h4H,3H2,1-2H3;. The summed E-state index contributed by atoms with van der Waals surface area (Å²) in [7, 11) is -1.88. The van der Waals surface area contributed by atoms with E-state index in [2.05, 4.69) is 9.76 Å². The predicted molar refractivity (Wildman–Crippen MR) is 35.4 cm³/mol. The number of nitrogens with one attached hydrogen (secondary N) is 1. The van der Waals surface area contributed by atoms with Crippen LogP contribution in [0.3, 0.4) is 0 Å². The summed E-state index contributed by atoms with van der Waals surface area (Å²) < 4.78 is 24.7. The summed E-state index contributed by atoms with van der Waals surface area (Å²) in [6.07, 6.45) is 0. The van der Waals surface area contributed by atoms with Gasteiger partial charge in [0.1, 0.15) is 0 Å². The smallest absolute Gasteiger partial charge is 0.198 e. The second-order valence-electron chi connectivity index (χ2n) is 1.13. The minimum absolute atomic E-state index is 0. The van der Waals surface area contributed by atoms with E-state index in [0.29, 0.717) is 0 Å². The van der Waals surface area contributed by atoms with E-state index in [1.165, 1.54) is 14.0 Å². The molecule has 0 spiro atoms. The van der Waals surface area contributed by atoms with E-state index in [1.807, 2.05) is 0 Å². The molecule has 0 saturated heterocycles. The summed E-state index contributed by atoms with van der Waals surface area (Å²) in [6, 6.07) is 0. The van der Waals surface area contributed by atoms with Crippen molar-refractivity contribution in [2.75, 3.05) is 12.8 Å². The second-order valence-corrected chi connectivity index (χ2v) is 2.99. The fourth-order valence-corrected chi connectivity index (χ4v) is 0.558. The predicted octanol–water partition coefficient (Wildman–Crippen LogP) is -0.894. The molecule has 0 aromatic heterocycles. The van der Waals surface area contributed by atoms with Crippen LogP contribution in [0.5, 0.6) is 0 Å². The van der Waals surface area contributed by atoms with Crippen molar-refractivity contribution in [1.29, 1.82) is 0 Å². The van der Waals surface area contributed by atoms with Gasteiger partial charge in [0.2, 0.25) is 0 Å². The van der Waals surface area contributed by atoms with E-state index in [0.717, 1.165) is 0 Å². The van der Waals surface area contributed by atoms with Crippen LogP contribution < -0.4 is 5.48 Å². The third-order valence-corrected chi connectivity index (χ3v) is 1.69. The van der Waals surface area contributed by atoms with Crippen LogP contribution in [0, 0.1) is 0 Å². The average Bonchev–Trinajstić information content (AvgIpc) is 1.67. The van der Waals surface area contributed by atoms with Crippen molar-refractivity contribution in [3.63, 3.8) is 0 Å². The molecule has 0 saturated carbocycles. The molecule has 0 aliphatic heterocycles. The molecule has 0 amide bonds. The summed E-state index contributed by atoms with van der Waals surface area (Å²) in [6.45, 7) is 1.51. The van der Waals surface area contributed by atoms with Gasteiger partial charge in [0.25, 0.3) is 10.1 Å². The van der Waals surface area contributed by atoms with E-state index >= 15 is 0 Å². The maximum atomic E-state index is 10.3. The Labute approximate surface area is 77.3 Å². The zero-order valence-corrected chi connectivity index (χ0v) is 8.66. The number of hydroxylamine groups is 1. The van der Waals surface area contributed by atoms with E-state index < -0.39 is 10.1 Å². The van der Waals surface area contributed by atoms with E-state index in [4.69, 9.17) is 0 Å². The fraction of sp³-hybridized carbons (Fsp3) is 1.00. The molecule has 0 aromatic carbocycles. The average molecular weight is 162 g/mol. The molecule has 0 atom stereocenters. The van der Waals surface area contributed by atoms with Crippen molar-refractivity contribution in [3.8, 4) is 0 Å². The Bertz CT molecular complexity index is 143. The normalized spacial score (nSPS) is 10.4. The maximum Gasteiger partial charge on any atom is 0.282 e. The molecular weight excluding hydrogens is 153 g/mol. The van der Waals surface area contributed by atoms with Gasteiger partial charge in [-0.2, -0.15) is 18.2 Å². The zero-order valence-electron chi connectivity index (χ0n) is 5.84. The fourth-order valence-electron chi connectivity index (χ4n) is 0.186. The Morgan fingerprint density at radius 3 is 2.11 bits per heavy atom. The van der Waals surface area contributed by atoms with Gasteiger partial charge in [0.15, 0.2) is 0 Å². The molecule has 1 N–H and O–H groups in total. The summed E-state index contributed by atoms with van der Waals surface area (Å²) in [4.78, 5) is 0. The third kappa shape index (κ3) is 6.76. The molecule has 9 heavy (non-hydrogen) atoms. The minimum atomic E-state index is -3.28. The molecule has 0 rings (SSSR count). The Morgan fingerprint density at radius 2 is 2.00 bits per heavy atom. The van der Waals surface area contributed by atoms with Gasteiger partial charge in [-0.25, -0.2) is 0 Å². The molecule has 0 heterocycles. The first-order chi connectivity index (χ1) is 3.62. The van der Waals surface area contributed by atoms with Crippen LogP contribution in [0.15, 0.2) is 0 Å². The largest absolute Gasteiger partial charge is 0.282 e. The maximum absolute atomic E-state index is 10.3. The van der Waals surface area contributed by atoms with Gasteiger partial charge < -0.3 is 0 Å². The van der Waals surface area contributed by atoms with Crippen molar-refractivity contribution in [3.05, 3.63) is 0 Å². The molecule has 0 aliphatic rings. The molecule has 6 heteroatoms. The van der Waals surface area contributed by atoms with Crippen molar-refractivity contribution in [2.24, 2.45) is 0 Å². The molecule has 51 valence electrons. The molecule has 0 aromatic rings. The SMILES string of the molecule is CCS(=O)(=O)ONC.[Na]. The van der Waals surface area contributed by atoms with Gasteiger partial charge in [-0.15, -0.1) is 0 Å². The molecule has 1 radical (unpaired) electrons. The van der Waals surface area contributed by atoms with Crippen LogP contribution in [-0.2, 0) is 14.4 Å². The van der Waals surface area contributed by atoms with Crippen LogP contribution in [0.4, 0.5) is 0 Å². The van der Waals surface area contributed by atoms with Gasteiger partial charge in [0, 0.05) is 36.6 Å². The van der Waals surface area contributed by atoms with Crippen LogP contribution >= 0.6 is 0 Å². The van der Waals surface area contributed by atoms with Crippen molar-refractivity contribution < 1.29 is 12.7 Å². The quantitative estimate of drug-likeness (QED) is 0.432. The van der Waals surface area contributed by atoms with E-state index in [1.54, 1.807) is 0 Å². The Balaban J connectivity index is 0. The van der Waals surface area contributed by atoms with Gasteiger partial charge in [0.05, 0.1) is 5.75 Å². The summed E-state index contributed by atoms with van der Waals surface area (Å²) in [5, 5.41) is 0. The van der Waals surface area contributed by atoms with Crippen LogP contribution in [0.1, 0.15) is 6.92 Å². The van der Waals surface area contributed by atoms with Gasteiger partial charge in [-0.05, 0) is 6.92 Å². The summed E-state index contributed by atoms with van der Waals surface area (Å²) in [5.41, 5.74) is 2.07.